The summed E-state index contributed by atoms with van der Waals surface area (Å²) in [4.78, 5) is 2.08. The summed E-state index contributed by atoms with van der Waals surface area (Å²) in [7, 11) is 5.73. The number of allylic oxidation sites excluding steroid dienone is 1. The first-order valence-electron chi connectivity index (χ1n) is 10.5. The Morgan fingerprint density at radius 1 is 0.727 bits per heavy atom. The van der Waals surface area contributed by atoms with Crippen LogP contribution in [0.25, 0.3) is 30.4 Å². The minimum absolute atomic E-state index is 0.0881. The molecule has 0 bridgehead atoms. The molecule has 0 unspecified atom stereocenters. The highest BCUT2D eigenvalue weighted by molar-refractivity contribution is 5.76. The summed E-state index contributed by atoms with van der Waals surface area (Å²) in [5.41, 5.74) is 6.26. The third kappa shape index (κ3) is 6.47. The van der Waals surface area contributed by atoms with Crippen molar-refractivity contribution in [3.05, 3.63) is 100 Å². The third-order valence-corrected chi connectivity index (χ3v) is 5.08. The molecule has 0 N–H and O–H groups in total. The molecule has 0 aliphatic heterocycles. The van der Waals surface area contributed by atoms with E-state index >= 15 is 0 Å². The predicted molar refractivity (Wildman–Crippen MR) is 137 cm³/mol. The highest BCUT2D eigenvalue weighted by atomic mass is 16.5. The lowest BCUT2D eigenvalue weighted by atomic mass is 10.1. The van der Waals surface area contributed by atoms with Gasteiger partial charge in [-0.1, -0.05) is 72.8 Å². The summed E-state index contributed by atoms with van der Waals surface area (Å²) < 4.78 is 5.60. The van der Waals surface area contributed by atoms with Crippen LogP contribution in [0.2, 0.25) is 0 Å². The Kier molecular flexibility index (Phi) is 7.84. The molecule has 0 heterocycles. The van der Waals surface area contributed by atoms with Gasteiger partial charge in [0.25, 0.3) is 0 Å². The molecular formula is C29H25N3O. The number of methoxy groups -OCH3 is 1. The van der Waals surface area contributed by atoms with Gasteiger partial charge in [0, 0.05) is 25.3 Å². The SMILES string of the molecule is COc1cc(/C=C/c2ccc(C=C(C#N)C#N)cc2)ccc1/C=C/c1ccc(N(C)C)cc1. The first-order chi connectivity index (χ1) is 16.0. The molecule has 0 radical (unpaired) electrons. The van der Waals surface area contributed by atoms with Gasteiger partial charge in [0.05, 0.1) is 7.11 Å². The van der Waals surface area contributed by atoms with E-state index in [1.807, 2.05) is 74.8 Å². The molecule has 4 nitrogen and oxygen atoms in total. The van der Waals surface area contributed by atoms with Gasteiger partial charge in [0.1, 0.15) is 23.5 Å². The largest absolute Gasteiger partial charge is 0.496 e. The molecular weight excluding hydrogens is 406 g/mol. The molecule has 0 fully saturated rings. The van der Waals surface area contributed by atoms with E-state index in [-0.39, 0.29) is 5.57 Å². The van der Waals surface area contributed by atoms with Crippen LogP contribution in [-0.4, -0.2) is 21.2 Å². The lowest BCUT2D eigenvalue weighted by Gasteiger charge is -2.11. The van der Waals surface area contributed by atoms with Crippen LogP contribution < -0.4 is 9.64 Å². The lowest BCUT2D eigenvalue weighted by Crippen LogP contribution is -2.07. The van der Waals surface area contributed by atoms with Crippen LogP contribution in [-0.2, 0) is 0 Å². The fourth-order valence-electron chi connectivity index (χ4n) is 3.19. The van der Waals surface area contributed by atoms with Crippen LogP contribution in [0.1, 0.15) is 27.8 Å². The normalized spacial score (nSPS) is 10.6. The van der Waals surface area contributed by atoms with Crippen LogP contribution in [0.4, 0.5) is 5.69 Å². The summed E-state index contributed by atoms with van der Waals surface area (Å²) in [5.74, 6) is 0.805. The van der Waals surface area contributed by atoms with Crippen LogP contribution in [0.3, 0.4) is 0 Å². The van der Waals surface area contributed by atoms with E-state index in [9.17, 15) is 0 Å². The maximum absolute atomic E-state index is 8.87. The van der Waals surface area contributed by atoms with E-state index in [0.29, 0.717) is 0 Å². The van der Waals surface area contributed by atoms with E-state index in [0.717, 1.165) is 33.6 Å². The summed E-state index contributed by atoms with van der Waals surface area (Å²) in [6, 6.07) is 25.9. The maximum atomic E-state index is 8.87. The van der Waals surface area contributed by atoms with Crippen LogP contribution in [0, 0.1) is 22.7 Å². The first kappa shape index (κ1) is 23.1. The van der Waals surface area contributed by atoms with Crippen molar-refractivity contribution in [2.45, 2.75) is 0 Å². The van der Waals surface area contributed by atoms with Gasteiger partial charge in [-0.2, -0.15) is 10.5 Å². The molecule has 3 rings (SSSR count). The minimum Gasteiger partial charge on any atom is -0.496 e. The van der Waals surface area contributed by atoms with Crippen molar-refractivity contribution in [2.75, 3.05) is 26.1 Å². The zero-order valence-electron chi connectivity index (χ0n) is 19.0. The Labute approximate surface area is 195 Å². The van der Waals surface area contributed by atoms with Gasteiger partial charge >= 0.3 is 0 Å². The van der Waals surface area contributed by atoms with Crippen LogP contribution in [0.5, 0.6) is 5.75 Å². The van der Waals surface area contributed by atoms with Crippen molar-refractivity contribution < 1.29 is 4.74 Å². The molecule has 0 saturated carbocycles. The molecule has 0 aliphatic rings. The smallest absolute Gasteiger partial charge is 0.130 e. The van der Waals surface area contributed by atoms with Crippen LogP contribution >= 0.6 is 0 Å². The Morgan fingerprint density at radius 2 is 1.24 bits per heavy atom. The van der Waals surface area contributed by atoms with Gasteiger partial charge in [0.15, 0.2) is 0 Å². The highest BCUT2D eigenvalue weighted by Gasteiger charge is 2.01. The second kappa shape index (κ2) is 11.2. The van der Waals surface area contributed by atoms with Crippen molar-refractivity contribution >= 4 is 36.1 Å². The molecule has 162 valence electrons. The standard InChI is InChI=1S/C29H25N3O/c1-32(2)28-16-12-23(13-17-28)10-14-27-15-11-25(19-29(27)33-3)9-6-22-4-7-24(8-5-22)18-26(20-30)21-31/h4-19H,1-3H3/b9-6+,14-10+. The van der Waals surface area contributed by atoms with Gasteiger partial charge in [0.2, 0.25) is 0 Å². The molecule has 0 amide bonds. The summed E-state index contributed by atoms with van der Waals surface area (Å²) >= 11 is 0. The number of rotatable bonds is 7. The molecule has 0 aliphatic carbocycles. The van der Waals surface area contributed by atoms with E-state index in [2.05, 4.69) is 47.4 Å². The van der Waals surface area contributed by atoms with Crippen LogP contribution in [0.15, 0.2) is 72.3 Å². The van der Waals surface area contributed by atoms with Gasteiger partial charge < -0.3 is 9.64 Å². The molecule has 33 heavy (non-hydrogen) atoms. The second-order valence-corrected chi connectivity index (χ2v) is 7.60. The Bertz CT molecular complexity index is 1250. The van der Waals surface area contributed by atoms with Crippen molar-refractivity contribution in [2.24, 2.45) is 0 Å². The van der Waals surface area contributed by atoms with E-state index in [1.54, 1.807) is 13.2 Å². The van der Waals surface area contributed by atoms with Crippen molar-refractivity contribution in [1.29, 1.82) is 10.5 Å². The molecule has 4 heteroatoms. The number of ether oxygens (including phenoxy) is 1. The lowest BCUT2D eigenvalue weighted by molar-refractivity contribution is 0.414. The molecule has 0 atom stereocenters. The summed E-state index contributed by atoms with van der Waals surface area (Å²) in [6.45, 7) is 0. The number of anilines is 1. The second-order valence-electron chi connectivity index (χ2n) is 7.60. The predicted octanol–water partition coefficient (Wildman–Crippen LogP) is 6.53. The molecule has 3 aromatic rings. The van der Waals surface area contributed by atoms with Crippen molar-refractivity contribution in [1.82, 2.24) is 0 Å². The molecule has 0 spiro atoms. The molecule has 0 saturated heterocycles. The number of hydrogen-bond donors (Lipinski definition) is 0. The zero-order chi connectivity index (χ0) is 23.6. The Balaban J connectivity index is 1.73. The Hall–Kier alpha value is -4.54. The van der Waals surface area contributed by atoms with Gasteiger partial charge in [-0.05, 0) is 46.5 Å². The Morgan fingerprint density at radius 3 is 1.82 bits per heavy atom. The molecule has 3 aromatic carbocycles. The first-order valence-corrected chi connectivity index (χ1v) is 10.5. The van der Waals surface area contributed by atoms with Crippen molar-refractivity contribution in [3.8, 4) is 17.9 Å². The number of nitriles is 2. The highest BCUT2D eigenvalue weighted by Crippen LogP contribution is 2.24. The van der Waals surface area contributed by atoms with E-state index < -0.39 is 0 Å². The summed E-state index contributed by atoms with van der Waals surface area (Å²) in [6.07, 6.45) is 9.74. The van der Waals surface area contributed by atoms with E-state index in [1.165, 1.54) is 5.69 Å². The zero-order valence-corrected chi connectivity index (χ0v) is 19.0. The monoisotopic (exact) mass is 431 g/mol. The quantitative estimate of drug-likeness (QED) is 0.315. The maximum Gasteiger partial charge on any atom is 0.130 e. The fraction of sp³-hybridized carbons (Fsp3) is 0.103. The number of nitrogens with zero attached hydrogens (tertiary/aromatic N) is 3. The average molecular weight is 432 g/mol. The minimum atomic E-state index is 0.0881. The van der Waals surface area contributed by atoms with E-state index in [4.69, 9.17) is 15.3 Å². The fourth-order valence-corrected chi connectivity index (χ4v) is 3.19. The van der Waals surface area contributed by atoms with Gasteiger partial charge in [-0.15, -0.1) is 0 Å². The van der Waals surface area contributed by atoms with Gasteiger partial charge in [-0.25, -0.2) is 0 Å². The topological polar surface area (TPSA) is 60.0 Å². The molecule has 0 aromatic heterocycles. The average Bonchev–Trinajstić information content (AvgIpc) is 2.85. The number of benzene rings is 3. The van der Waals surface area contributed by atoms with Gasteiger partial charge in [-0.3, -0.25) is 0 Å². The number of hydrogen-bond acceptors (Lipinski definition) is 4. The van der Waals surface area contributed by atoms with Crippen molar-refractivity contribution in [3.63, 3.8) is 0 Å². The third-order valence-electron chi connectivity index (χ3n) is 5.08. The summed E-state index contributed by atoms with van der Waals surface area (Å²) in [5, 5.41) is 17.7.